The summed E-state index contributed by atoms with van der Waals surface area (Å²) in [5.41, 5.74) is -1.20. The predicted molar refractivity (Wildman–Crippen MR) is 68.6 cm³/mol. The van der Waals surface area contributed by atoms with E-state index in [0.717, 1.165) is 12.8 Å². The summed E-state index contributed by atoms with van der Waals surface area (Å²) in [7, 11) is -2.45. The van der Waals surface area contributed by atoms with E-state index in [0.29, 0.717) is 13.1 Å². The number of piperazine rings is 1. The summed E-state index contributed by atoms with van der Waals surface area (Å²) in [5, 5.41) is 3.26. The third-order valence-electron chi connectivity index (χ3n) is 3.58. The Bertz CT molecular complexity index is 404. The number of carbonyl (C=O) groups excluding carboxylic acids is 1. The number of hydrogen-bond acceptors (Lipinski definition) is 4. The minimum Gasteiger partial charge on any atom is -0.444 e. The summed E-state index contributed by atoms with van der Waals surface area (Å²) in [6.07, 6.45) is 1.16. The molecule has 0 aromatic heterocycles. The molecule has 0 unspecified atom stereocenters. The van der Waals surface area contributed by atoms with Crippen LogP contribution in [0.2, 0.25) is 0 Å². The van der Waals surface area contributed by atoms with Crippen molar-refractivity contribution in [2.24, 2.45) is 0 Å². The number of ether oxygens (including phenoxy) is 2. The summed E-state index contributed by atoms with van der Waals surface area (Å²) in [5.74, 6) is 0. The molecule has 0 spiro atoms. The number of rotatable bonds is 2. The Morgan fingerprint density at radius 1 is 1.61 bits per heavy atom. The number of amides is 1. The second-order valence-electron chi connectivity index (χ2n) is 6.19. The van der Waals surface area contributed by atoms with Crippen LogP contribution >= 0.6 is 0 Å². The summed E-state index contributed by atoms with van der Waals surface area (Å²) < 4.78 is 32.1. The van der Waals surface area contributed by atoms with Crippen molar-refractivity contribution in [3.63, 3.8) is 0 Å². The number of methoxy groups -OCH3 is 1. The standard InChI is InChI=1S/C13H24N2O3/c1-12(2,3)18-11(16)15-10-5-6-13(15,9-17-4)8-14-7-10/h10,14H,5-9H2,1-4H3/t10-,13+/m1/s1/i4D3. The van der Waals surface area contributed by atoms with Gasteiger partial charge in [0.25, 0.3) is 0 Å². The Morgan fingerprint density at radius 2 is 2.39 bits per heavy atom. The zero-order valence-electron chi connectivity index (χ0n) is 14.3. The summed E-state index contributed by atoms with van der Waals surface area (Å²) in [4.78, 5) is 14.2. The Morgan fingerprint density at radius 3 is 3.06 bits per heavy atom. The molecule has 0 aromatic carbocycles. The third-order valence-corrected chi connectivity index (χ3v) is 3.58. The van der Waals surface area contributed by atoms with Crippen molar-refractivity contribution in [1.29, 1.82) is 0 Å². The van der Waals surface area contributed by atoms with E-state index in [4.69, 9.17) is 13.6 Å². The first-order valence-electron chi connectivity index (χ1n) is 7.89. The maximum Gasteiger partial charge on any atom is 0.411 e. The van der Waals surface area contributed by atoms with E-state index in [2.05, 4.69) is 5.32 Å². The van der Waals surface area contributed by atoms with E-state index in [9.17, 15) is 4.79 Å². The number of carbonyl (C=O) groups is 1. The van der Waals surface area contributed by atoms with Crippen molar-refractivity contribution in [3.05, 3.63) is 0 Å². The number of fused-ring (bicyclic) bond motifs is 2. The van der Waals surface area contributed by atoms with E-state index in [1.54, 1.807) is 4.90 Å². The van der Waals surface area contributed by atoms with Crippen molar-refractivity contribution in [2.75, 3.05) is 26.7 Å². The predicted octanol–water partition coefficient (Wildman–Crippen LogP) is 1.37. The van der Waals surface area contributed by atoms with Crippen LogP contribution in [0.15, 0.2) is 0 Å². The minimum atomic E-state index is -2.45. The Hall–Kier alpha value is -0.810. The van der Waals surface area contributed by atoms with Crippen LogP contribution in [0.1, 0.15) is 37.7 Å². The first-order chi connectivity index (χ1) is 9.53. The quantitative estimate of drug-likeness (QED) is 0.814. The lowest BCUT2D eigenvalue weighted by Gasteiger charge is -2.44. The average molecular weight is 259 g/mol. The fraction of sp³-hybridized carbons (Fsp3) is 0.923. The van der Waals surface area contributed by atoms with Gasteiger partial charge in [0.1, 0.15) is 5.60 Å². The van der Waals surface area contributed by atoms with Gasteiger partial charge >= 0.3 is 6.09 Å². The average Bonchev–Trinajstić information content (AvgIpc) is 2.52. The zero-order valence-corrected chi connectivity index (χ0v) is 11.3. The molecular weight excluding hydrogens is 232 g/mol. The zero-order chi connectivity index (χ0) is 15.9. The van der Waals surface area contributed by atoms with Gasteiger partial charge < -0.3 is 14.8 Å². The van der Waals surface area contributed by atoms with E-state index in [1.807, 2.05) is 20.8 Å². The van der Waals surface area contributed by atoms with Gasteiger partial charge in [0, 0.05) is 26.2 Å². The molecule has 2 aliphatic heterocycles. The molecular formula is C13H24N2O3. The molecule has 0 radical (unpaired) electrons. The van der Waals surface area contributed by atoms with Gasteiger partial charge in [-0.15, -0.1) is 0 Å². The smallest absolute Gasteiger partial charge is 0.411 e. The lowest BCUT2D eigenvalue weighted by Crippen LogP contribution is -2.64. The molecule has 18 heavy (non-hydrogen) atoms. The largest absolute Gasteiger partial charge is 0.444 e. The SMILES string of the molecule is [2H]C([2H])([2H])OC[C@]12CC[C@H](CNC1)N2C(=O)OC(C)(C)C. The maximum atomic E-state index is 12.5. The van der Waals surface area contributed by atoms with Crippen LogP contribution in [0.25, 0.3) is 0 Å². The second kappa shape index (κ2) is 4.70. The molecule has 5 heteroatoms. The molecule has 0 aliphatic carbocycles. The highest BCUT2D eigenvalue weighted by Crippen LogP contribution is 2.37. The van der Waals surface area contributed by atoms with Crippen molar-refractivity contribution >= 4 is 6.09 Å². The van der Waals surface area contributed by atoms with E-state index in [-0.39, 0.29) is 18.7 Å². The molecule has 2 fully saturated rings. The van der Waals surface area contributed by atoms with Crippen LogP contribution < -0.4 is 5.32 Å². The van der Waals surface area contributed by atoms with E-state index in [1.165, 1.54) is 0 Å². The molecule has 1 amide bonds. The van der Waals surface area contributed by atoms with Crippen LogP contribution in [-0.4, -0.2) is 54.9 Å². The number of nitrogens with one attached hydrogen (secondary N) is 1. The molecule has 2 heterocycles. The lowest BCUT2D eigenvalue weighted by atomic mass is 9.97. The number of nitrogens with zero attached hydrogens (tertiary/aromatic N) is 1. The van der Waals surface area contributed by atoms with Gasteiger partial charge in [0.2, 0.25) is 0 Å². The van der Waals surface area contributed by atoms with Crippen LogP contribution in [0.5, 0.6) is 0 Å². The summed E-state index contributed by atoms with van der Waals surface area (Å²) in [6.45, 7) is 6.68. The molecule has 0 saturated carbocycles. The topological polar surface area (TPSA) is 50.8 Å². The minimum absolute atomic E-state index is 0.00770. The van der Waals surface area contributed by atoms with Gasteiger partial charge in [-0.3, -0.25) is 4.90 Å². The normalized spacial score (nSPS) is 34.7. The van der Waals surface area contributed by atoms with Crippen molar-refractivity contribution in [2.45, 2.75) is 50.8 Å². The highest BCUT2D eigenvalue weighted by molar-refractivity contribution is 5.70. The molecule has 2 saturated heterocycles. The molecule has 2 atom stereocenters. The third kappa shape index (κ3) is 2.47. The van der Waals surface area contributed by atoms with Crippen molar-refractivity contribution in [3.8, 4) is 0 Å². The number of hydrogen-bond donors (Lipinski definition) is 1. The van der Waals surface area contributed by atoms with E-state index >= 15 is 0 Å². The van der Waals surface area contributed by atoms with E-state index < -0.39 is 18.2 Å². The van der Waals surface area contributed by atoms with Gasteiger partial charge in [-0.05, 0) is 33.6 Å². The van der Waals surface area contributed by atoms with Crippen molar-refractivity contribution < 1.29 is 18.4 Å². The molecule has 0 aromatic rings. The molecule has 2 aliphatic rings. The van der Waals surface area contributed by atoms with Gasteiger partial charge in [-0.25, -0.2) is 4.79 Å². The first-order valence-corrected chi connectivity index (χ1v) is 6.39. The molecule has 104 valence electrons. The van der Waals surface area contributed by atoms with Gasteiger partial charge in [0.15, 0.2) is 0 Å². The van der Waals surface area contributed by atoms with Crippen LogP contribution in [-0.2, 0) is 9.47 Å². The summed E-state index contributed by atoms with van der Waals surface area (Å²) in [6, 6.07) is 0.0359. The Balaban J connectivity index is 2.15. The van der Waals surface area contributed by atoms with Crippen LogP contribution in [0, 0.1) is 0 Å². The van der Waals surface area contributed by atoms with Gasteiger partial charge in [-0.1, -0.05) is 0 Å². The van der Waals surface area contributed by atoms with Gasteiger partial charge in [0.05, 0.1) is 16.3 Å². The molecule has 1 N–H and O–H groups in total. The summed E-state index contributed by atoms with van der Waals surface area (Å²) >= 11 is 0. The highest BCUT2D eigenvalue weighted by Gasteiger charge is 2.52. The Kier molecular flexibility index (Phi) is 2.62. The van der Waals surface area contributed by atoms with Crippen molar-refractivity contribution in [1.82, 2.24) is 10.2 Å². The molecule has 5 nitrogen and oxygen atoms in total. The molecule has 2 bridgehead atoms. The fourth-order valence-electron chi connectivity index (χ4n) is 2.89. The first kappa shape index (κ1) is 10.0. The second-order valence-corrected chi connectivity index (χ2v) is 6.19. The Labute approximate surface area is 113 Å². The monoisotopic (exact) mass is 259 g/mol. The van der Waals surface area contributed by atoms with Gasteiger partial charge in [-0.2, -0.15) is 0 Å². The van der Waals surface area contributed by atoms with Crippen LogP contribution in [0.4, 0.5) is 4.79 Å². The maximum absolute atomic E-state index is 12.5. The van der Waals surface area contributed by atoms with Crippen LogP contribution in [0.3, 0.4) is 0 Å². The highest BCUT2D eigenvalue weighted by atomic mass is 16.6. The molecule has 2 rings (SSSR count). The fourth-order valence-corrected chi connectivity index (χ4v) is 2.89. The lowest BCUT2D eigenvalue weighted by molar-refractivity contribution is -0.0305.